The van der Waals surface area contributed by atoms with Crippen molar-refractivity contribution in [2.24, 2.45) is 0 Å². The number of nitrogens with zero attached hydrogens (tertiary/aromatic N) is 2. The van der Waals surface area contributed by atoms with Gasteiger partial charge in [-0.15, -0.1) is 0 Å². The molecule has 1 aliphatic heterocycles. The molecule has 27 heavy (non-hydrogen) atoms. The summed E-state index contributed by atoms with van der Waals surface area (Å²) in [5.74, 6) is 0.167. The van der Waals surface area contributed by atoms with Crippen molar-refractivity contribution in [2.75, 3.05) is 31.2 Å². The fraction of sp³-hybridized carbons (Fsp3) is 0.350. The summed E-state index contributed by atoms with van der Waals surface area (Å²) in [5.41, 5.74) is 1.79. The largest absolute Gasteiger partial charge is 0.423 e. The normalized spacial score (nSPS) is 14.3. The lowest BCUT2D eigenvalue weighted by atomic mass is 10.0. The van der Waals surface area contributed by atoms with Crippen molar-refractivity contribution in [1.82, 2.24) is 0 Å². The molecule has 7 heteroatoms. The molecule has 0 unspecified atom stereocenters. The number of carbonyl (C=O) groups excluding carboxylic acids is 1. The molecule has 0 radical (unpaired) electrons. The van der Waals surface area contributed by atoms with Crippen molar-refractivity contribution < 1.29 is 19.2 Å². The lowest BCUT2D eigenvalue weighted by molar-refractivity contribution is -0.384. The minimum Gasteiger partial charge on any atom is -0.423 e. The molecule has 0 spiro atoms. The molecule has 1 aliphatic rings. The first-order valence-corrected chi connectivity index (χ1v) is 8.89. The van der Waals surface area contributed by atoms with Crippen LogP contribution in [0.2, 0.25) is 0 Å². The molecule has 142 valence electrons. The Kier molecular flexibility index (Phi) is 5.71. The quantitative estimate of drug-likeness (QED) is 0.345. The van der Waals surface area contributed by atoms with Crippen molar-refractivity contribution in [3.05, 3.63) is 63.7 Å². The van der Waals surface area contributed by atoms with Crippen LogP contribution in [0, 0.1) is 10.1 Å². The summed E-state index contributed by atoms with van der Waals surface area (Å²) in [7, 11) is 0. The first-order chi connectivity index (χ1) is 13.0. The summed E-state index contributed by atoms with van der Waals surface area (Å²) in [5, 5.41) is 11.1. The topological polar surface area (TPSA) is 81.9 Å². The summed E-state index contributed by atoms with van der Waals surface area (Å²) < 4.78 is 10.8. The van der Waals surface area contributed by atoms with Crippen LogP contribution < -0.4 is 9.64 Å². The average molecular weight is 370 g/mol. The number of nitro groups is 1. The lowest BCUT2D eigenvalue weighted by Gasteiger charge is -2.30. The minimum atomic E-state index is -0.613. The molecule has 1 heterocycles. The van der Waals surface area contributed by atoms with E-state index < -0.39 is 10.9 Å². The van der Waals surface area contributed by atoms with E-state index in [-0.39, 0.29) is 11.3 Å². The number of anilines is 1. The molecular formula is C20H22N2O5. The smallest absolute Gasteiger partial charge is 0.345 e. The predicted octanol–water partition coefficient (Wildman–Crippen LogP) is 3.77. The second-order valence-corrected chi connectivity index (χ2v) is 6.67. The first kappa shape index (κ1) is 18.8. The summed E-state index contributed by atoms with van der Waals surface area (Å²) in [6, 6.07) is 11.6. The average Bonchev–Trinajstić information content (AvgIpc) is 2.68. The molecule has 2 aromatic carbocycles. The van der Waals surface area contributed by atoms with Crippen LogP contribution in [0.1, 0.15) is 35.7 Å². The lowest BCUT2D eigenvalue weighted by Crippen LogP contribution is -2.37. The molecule has 1 saturated heterocycles. The summed E-state index contributed by atoms with van der Waals surface area (Å²) in [6.45, 7) is 6.48. The number of ether oxygens (including phenoxy) is 2. The van der Waals surface area contributed by atoms with E-state index >= 15 is 0 Å². The molecule has 0 atom stereocenters. The van der Waals surface area contributed by atoms with E-state index in [0.29, 0.717) is 43.7 Å². The Morgan fingerprint density at radius 1 is 1.15 bits per heavy atom. The molecule has 0 saturated carbocycles. The Bertz CT molecular complexity index is 827. The number of hydrogen-bond donors (Lipinski definition) is 0. The van der Waals surface area contributed by atoms with E-state index in [1.165, 1.54) is 12.1 Å². The van der Waals surface area contributed by atoms with Gasteiger partial charge in [0.1, 0.15) is 5.75 Å². The van der Waals surface area contributed by atoms with Gasteiger partial charge in [-0.3, -0.25) is 10.1 Å². The highest BCUT2D eigenvalue weighted by atomic mass is 16.6. The van der Waals surface area contributed by atoms with Crippen molar-refractivity contribution in [1.29, 1.82) is 0 Å². The van der Waals surface area contributed by atoms with Gasteiger partial charge in [-0.25, -0.2) is 4.79 Å². The van der Waals surface area contributed by atoms with E-state index in [2.05, 4.69) is 13.8 Å². The van der Waals surface area contributed by atoms with Gasteiger partial charge in [-0.05, 0) is 29.7 Å². The number of benzene rings is 2. The Labute approximate surface area is 157 Å². The third-order valence-corrected chi connectivity index (χ3v) is 4.52. The second-order valence-electron chi connectivity index (χ2n) is 6.67. The fourth-order valence-corrected chi connectivity index (χ4v) is 2.96. The molecule has 0 N–H and O–H groups in total. The zero-order chi connectivity index (χ0) is 19.4. The van der Waals surface area contributed by atoms with Crippen LogP contribution in [0.5, 0.6) is 5.75 Å². The van der Waals surface area contributed by atoms with Crippen LogP contribution in [0.4, 0.5) is 11.4 Å². The molecule has 0 aromatic heterocycles. The maximum atomic E-state index is 12.8. The van der Waals surface area contributed by atoms with Gasteiger partial charge < -0.3 is 14.4 Å². The zero-order valence-electron chi connectivity index (χ0n) is 15.4. The van der Waals surface area contributed by atoms with Gasteiger partial charge in [0.05, 0.1) is 29.4 Å². The standard InChI is InChI=1S/C20H22N2O5/c1-14(2)15-3-6-17(7-4-15)27-20(23)18-13-16(22(24)25)5-8-19(18)21-9-11-26-12-10-21/h3-8,13-14H,9-12H2,1-2H3. The van der Waals surface area contributed by atoms with Crippen molar-refractivity contribution in [2.45, 2.75) is 19.8 Å². The molecule has 3 rings (SSSR count). The highest BCUT2D eigenvalue weighted by Gasteiger charge is 2.23. The Morgan fingerprint density at radius 3 is 2.41 bits per heavy atom. The number of hydrogen-bond acceptors (Lipinski definition) is 6. The molecular weight excluding hydrogens is 348 g/mol. The first-order valence-electron chi connectivity index (χ1n) is 8.89. The summed E-state index contributed by atoms with van der Waals surface area (Å²) >= 11 is 0. The van der Waals surface area contributed by atoms with E-state index in [4.69, 9.17) is 9.47 Å². The Morgan fingerprint density at radius 2 is 1.81 bits per heavy atom. The summed E-state index contributed by atoms with van der Waals surface area (Å²) in [6.07, 6.45) is 0. The maximum Gasteiger partial charge on any atom is 0.345 e. The van der Waals surface area contributed by atoms with Gasteiger partial charge in [0.25, 0.3) is 5.69 Å². The van der Waals surface area contributed by atoms with E-state index in [9.17, 15) is 14.9 Å². The SMILES string of the molecule is CC(C)c1ccc(OC(=O)c2cc([N+](=O)[O-])ccc2N2CCOCC2)cc1. The van der Waals surface area contributed by atoms with Gasteiger partial charge >= 0.3 is 5.97 Å². The molecule has 2 aromatic rings. The van der Waals surface area contributed by atoms with Crippen LogP contribution in [0.15, 0.2) is 42.5 Å². The molecule has 1 fully saturated rings. The van der Waals surface area contributed by atoms with Crippen LogP contribution in [-0.4, -0.2) is 37.2 Å². The third-order valence-electron chi connectivity index (χ3n) is 4.52. The number of carbonyl (C=O) groups is 1. The van der Waals surface area contributed by atoms with Gasteiger partial charge in [0, 0.05) is 25.2 Å². The van der Waals surface area contributed by atoms with Crippen LogP contribution in [0.25, 0.3) is 0 Å². The third kappa shape index (κ3) is 4.43. The molecule has 0 amide bonds. The van der Waals surface area contributed by atoms with Crippen LogP contribution >= 0.6 is 0 Å². The minimum absolute atomic E-state index is 0.144. The highest BCUT2D eigenvalue weighted by Crippen LogP contribution is 2.28. The van der Waals surface area contributed by atoms with Gasteiger partial charge in [-0.2, -0.15) is 0 Å². The Hall–Kier alpha value is -2.93. The predicted molar refractivity (Wildman–Crippen MR) is 102 cm³/mol. The van der Waals surface area contributed by atoms with E-state index in [0.717, 1.165) is 5.56 Å². The monoisotopic (exact) mass is 370 g/mol. The van der Waals surface area contributed by atoms with E-state index in [1.807, 2.05) is 17.0 Å². The van der Waals surface area contributed by atoms with Gasteiger partial charge in [-0.1, -0.05) is 26.0 Å². The number of esters is 1. The van der Waals surface area contributed by atoms with Crippen molar-refractivity contribution in [3.63, 3.8) is 0 Å². The maximum absolute atomic E-state index is 12.8. The van der Waals surface area contributed by atoms with Crippen LogP contribution in [-0.2, 0) is 4.74 Å². The Balaban J connectivity index is 1.88. The van der Waals surface area contributed by atoms with Crippen LogP contribution in [0.3, 0.4) is 0 Å². The van der Waals surface area contributed by atoms with Gasteiger partial charge in [0.2, 0.25) is 0 Å². The molecule has 0 aliphatic carbocycles. The number of morpholine rings is 1. The fourth-order valence-electron chi connectivity index (χ4n) is 2.96. The van der Waals surface area contributed by atoms with Crippen molar-refractivity contribution >= 4 is 17.3 Å². The second kappa shape index (κ2) is 8.18. The molecule has 7 nitrogen and oxygen atoms in total. The summed E-state index contributed by atoms with van der Waals surface area (Å²) in [4.78, 5) is 25.4. The molecule has 0 bridgehead atoms. The number of nitro benzene ring substituents is 1. The van der Waals surface area contributed by atoms with Crippen molar-refractivity contribution in [3.8, 4) is 5.75 Å². The van der Waals surface area contributed by atoms with Gasteiger partial charge in [0.15, 0.2) is 0 Å². The number of rotatable bonds is 5. The van der Waals surface area contributed by atoms with E-state index in [1.54, 1.807) is 18.2 Å². The highest BCUT2D eigenvalue weighted by molar-refractivity contribution is 5.98. The zero-order valence-corrected chi connectivity index (χ0v) is 15.4. The number of non-ortho nitro benzene ring substituents is 1.